The quantitative estimate of drug-likeness (QED) is 0.799. The minimum Gasteiger partial charge on any atom is -0.365 e. The van der Waals surface area contributed by atoms with Gasteiger partial charge in [0.15, 0.2) is 11.9 Å². The van der Waals surface area contributed by atoms with Crippen molar-refractivity contribution in [2.24, 2.45) is 0 Å². The highest BCUT2D eigenvalue weighted by Gasteiger charge is 2.27. The van der Waals surface area contributed by atoms with E-state index in [1.54, 1.807) is 13.3 Å². The molecule has 0 spiro atoms. The lowest BCUT2D eigenvalue weighted by atomic mass is 10.2. The van der Waals surface area contributed by atoms with Crippen molar-refractivity contribution < 1.29 is 9.26 Å². The molecule has 7 heteroatoms. The minimum atomic E-state index is -0.203. The van der Waals surface area contributed by atoms with Crippen molar-refractivity contribution in [3.05, 3.63) is 29.8 Å². The first-order valence-corrected chi connectivity index (χ1v) is 6.18. The first kappa shape index (κ1) is 12.0. The lowest BCUT2D eigenvalue weighted by molar-refractivity contribution is 0.0184. The molecule has 1 fully saturated rings. The SMILES string of the molecule is Cc1cc(N2CCO[C@H](c3nc(C)no3)C2)ncn1. The number of aryl methyl sites for hydroxylation is 2. The summed E-state index contributed by atoms with van der Waals surface area (Å²) in [5.74, 6) is 2.04. The first-order valence-electron chi connectivity index (χ1n) is 6.18. The smallest absolute Gasteiger partial charge is 0.257 e. The summed E-state index contributed by atoms with van der Waals surface area (Å²) < 4.78 is 10.8. The minimum absolute atomic E-state index is 0.203. The molecule has 1 aliphatic heterocycles. The Kier molecular flexibility index (Phi) is 3.12. The van der Waals surface area contributed by atoms with Crippen LogP contribution in [0.1, 0.15) is 23.5 Å². The van der Waals surface area contributed by atoms with Gasteiger partial charge in [-0.3, -0.25) is 0 Å². The molecule has 1 saturated heterocycles. The van der Waals surface area contributed by atoms with E-state index in [0.717, 1.165) is 18.1 Å². The zero-order valence-corrected chi connectivity index (χ0v) is 10.9. The zero-order valence-electron chi connectivity index (χ0n) is 10.9. The normalized spacial score (nSPS) is 19.7. The molecular weight excluding hydrogens is 246 g/mol. The average molecular weight is 261 g/mol. The summed E-state index contributed by atoms with van der Waals surface area (Å²) in [6, 6.07) is 1.96. The van der Waals surface area contributed by atoms with E-state index >= 15 is 0 Å². The van der Waals surface area contributed by atoms with Gasteiger partial charge in [0.1, 0.15) is 12.1 Å². The van der Waals surface area contributed by atoms with Crippen molar-refractivity contribution in [1.29, 1.82) is 0 Å². The average Bonchev–Trinajstić information content (AvgIpc) is 2.86. The Morgan fingerprint density at radius 3 is 2.95 bits per heavy atom. The van der Waals surface area contributed by atoms with Crippen molar-refractivity contribution in [1.82, 2.24) is 20.1 Å². The lowest BCUT2D eigenvalue weighted by Gasteiger charge is -2.31. The van der Waals surface area contributed by atoms with Gasteiger partial charge in [0.05, 0.1) is 13.2 Å². The molecule has 0 saturated carbocycles. The molecule has 1 aliphatic rings. The number of nitrogens with zero attached hydrogens (tertiary/aromatic N) is 5. The number of morpholine rings is 1. The van der Waals surface area contributed by atoms with E-state index in [1.807, 2.05) is 13.0 Å². The van der Waals surface area contributed by atoms with Gasteiger partial charge in [-0.1, -0.05) is 5.16 Å². The molecular formula is C12H15N5O2. The van der Waals surface area contributed by atoms with Crippen molar-refractivity contribution in [3.8, 4) is 0 Å². The Bertz CT molecular complexity index is 571. The highest BCUT2D eigenvalue weighted by atomic mass is 16.5. The fourth-order valence-corrected chi connectivity index (χ4v) is 2.06. The van der Waals surface area contributed by atoms with E-state index in [1.165, 1.54) is 0 Å². The van der Waals surface area contributed by atoms with Gasteiger partial charge < -0.3 is 14.2 Å². The fraction of sp³-hybridized carbons (Fsp3) is 0.500. The molecule has 19 heavy (non-hydrogen) atoms. The third-order valence-corrected chi connectivity index (χ3v) is 3.00. The Morgan fingerprint density at radius 1 is 1.32 bits per heavy atom. The molecule has 100 valence electrons. The van der Waals surface area contributed by atoms with Gasteiger partial charge in [-0.15, -0.1) is 0 Å². The van der Waals surface area contributed by atoms with Crippen LogP contribution >= 0.6 is 0 Å². The van der Waals surface area contributed by atoms with Crippen molar-refractivity contribution in [2.75, 3.05) is 24.6 Å². The van der Waals surface area contributed by atoms with Gasteiger partial charge in [0, 0.05) is 18.3 Å². The molecule has 1 atom stereocenters. The van der Waals surface area contributed by atoms with Crippen LogP contribution in [-0.2, 0) is 4.74 Å². The maximum atomic E-state index is 5.68. The van der Waals surface area contributed by atoms with Crippen LogP contribution in [0.3, 0.4) is 0 Å². The molecule has 7 nitrogen and oxygen atoms in total. The second-order valence-electron chi connectivity index (χ2n) is 4.50. The van der Waals surface area contributed by atoms with Crippen LogP contribution < -0.4 is 4.90 Å². The monoisotopic (exact) mass is 261 g/mol. The van der Waals surface area contributed by atoms with Crippen LogP contribution in [0.2, 0.25) is 0 Å². The Hall–Kier alpha value is -2.02. The first-order chi connectivity index (χ1) is 9.22. The van der Waals surface area contributed by atoms with Crippen LogP contribution in [-0.4, -0.2) is 39.8 Å². The van der Waals surface area contributed by atoms with Gasteiger partial charge in [-0.05, 0) is 13.8 Å². The third-order valence-electron chi connectivity index (χ3n) is 3.00. The van der Waals surface area contributed by atoms with E-state index in [9.17, 15) is 0 Å². The van der Waals surface area contributed by atoms with Crippen LogP contribution in [0.25, 0.3) is 0 Å². The summed E-state index contributed by atoms with van der Waals surface area (Å²) >= 11 is 0. The molecule has 0 unspecified atom stereocenters. The van der Waals surface area contributed by atoms with E-state index in [-0.39, 0.29) is 6.10 Å². The summed E-state index contributed by atoms with van der Waals surface area (Å²) in [6.07, 6.45) is 1.37. The Morgan fingerprint density at radius 2 is 2.21 bits per heavy atom. The van der Waals surface area contributed by atoms with Crippen LogP contribution in [0.4, 0.5) is 5.82 Å². The van der Waals surface area contributed by atoms with Gasteiger partial charge in [-0.2, -0.15) is 4.98 Å². The summed E-state index contributed by atoms with van der Waals surface area (Å²) in [7, 11) is 0. The largest absolute Gasteiger partial charge is 0.365 e. The van der Waals surface area contributed by atoms with E-state index in [4.69, 9.17) is 9.26 Å². The summed E-state index contributed by atoms with van der Waals surface area (Å²) in [5.41, 5.74) is 0.946. The lowest BCUT2D eigenvalue weighted by Crippen LogP contribution is -2.39. The number of ether oxygens (including phenoxy) is 1. The van der Waals surface area contributed by atoms with Gasteiger partial charge in [0.2, 0.25) is 0 Å². The van der Waals surface area contributed by atoms with Crippen LogP contribution in [0.5, 0.6) is 0 Å². The predicted molar refractivity (Wildman–Crippen MR) is 66.7 cm³/mol. The summed E-state index contributed by atoms with van der Waals surface area (Å²) in [4.78, 5) is 14.8. The number of aromatic nitrogens is 4. The van der Waals surface area contributed by atoms with Gasteiger partial charge in [-0.25, -0.2) is 9.97 Å². The van der Waals surface area contributed by atoms with Crippen molar-refractivity contribution in [3.63, 3.8) is 0 Å². The molecule has 2 aromatic rings. The van der Waals surface area contributed by atoms with E-state index in [0.29, 0.717) is 24.9 Å². The number of rotatable bonds is 2. The maximum absolute atomic E-state index is 5.68. The van der Waals surface area contributed by atoms with Gasteiger partial charge >= 0.3 is 0 Å². The number of hydrogen-bond acceptors (Lipinski definition) is 7. The summed E-state index contributed by atoms with van der Waals surface area (Å²) in [6.45, 7) is 5.79. The molecule has 0 aromatic carbocycles. The second-order valence-corrected chi connectivity index (χ2v) is 4.50. The van der Waals surface area contributed by atoms with Crippen molar-refractivity contribution >= 4 is 5.82 Å². The Balaban J connectivity index is 1.78. The molecule has 0 aliphatic carbocycles. The molecule has 3 rings (SSSR count). The maximum Gasteiger partial charge on any atom is 0.257 e. The molecule has 0 amide bonds. The topological polar surface area (TPSA) is 77.2 Å². The van der Waals surface area contributed by atoms with E-state index in [2.05, 4.69) is 25.0 Å². The molecule has 3 heterocycles. The summed E-state index contributed by atoms with van der Waals surface area (Å²) in [5, 5.41) is 3.79. The second kappa shape index (κ2) is 4.93. The predicted octanol–water partition coefficient (Wildman–Crippen LogP) is 1.05. The molecule has 0 radical (unpaired) electrons. The zero-order chi connectivity index (χ0) is 13.2. The Labute approximate surface area is 110 Å². The van der Waals surface area contributed by atoms with E-state index < -0.39 is 0 Å². The number of anilines is 1. The van der Waals surface area contributed by atoms with Crippen molar-refractivity contribution in [2.45, 2.75) is 20.0 Å². The standard InChI is InChI=1S/C12H15N5O2/c1-8-5-11(14-7-13-8)17-3-4-18-10(6-17)12-15-9(2)16-19-12/h5,7,10H,3-4,6H2,1-2H3/t10-/m0/s1. The number of hydrogen-bond donors (Lipinski definition) is 0. The molecule has 2 aromatic heterocycles. The van der Waals surface area contributed by atoms with Crippen LogP contribution in [0.15, 0.2) is 16.9 Å². The van der Waals surface area contributed by atoms with Gasteiger partial charge in [0.25, 0.3) is 5.89 Å². The highest BCUT2D eigenvalue weighted by molar-refractivity contribution is 5.39. The molecule has 0 N–H and O–H groups in total. The fourth-order valence-electron chi connectivity index (χ4n) is 2.06. The third kappa shape index (κ3) is 2.55. The van der Waals surface area contributed by atoms with Crippen LogP contribution in [0, 0.1) is 13.8 Å². The highest BCUT2D eigenvalue weighted by Crippen LogP contribution is 2.23. The molecule has 0 bridgehead atoms.